The quantitative estimate of drug-likeness (QED) is 0.635. The highest BCUT2D eigenvalue weighted by Crippen LogP contribution is 2.24. The molecule has 0 aliphatic carbocycles. The Labute approximate surface area is 110 Å². The fourth-order valence-electron chi connectivity index (χ4n) is 1.83. The fourth-order valence-corrected chi connectivity index (χ4v) is 1.83. The van der Waals surface area contributed by atoms with Gasteiger partial charge < -0.3 is 10.6 Å². The number of benzene rings is 1. The molecule has 1 aliphatic rings. The third-order valence-corrected chi connectivity index (χ3v) is 2.85. The summed E-state index contributed by atoms with van der Waals surface area (Å²) in [5.74, 6) is -0.273. The molecule has 1 aromatic carbocycles. The molecule has 0 fully saturated rings. The van der Waals surface area contributed by atoms with Crippen molar-refractivity contribution in [3.8, 4) is 0 Å². The maximum Gasteiger partial charge on any atom is 0.269 e. The number of allylic oxidation sites excluding steroid dienone is 2. The van der Waals surface area contributed by atoms with E-state index in [1.165, 1.54) is 12.1 Å². The third-order valence-electron chi connectivity index (χ3n) is 2.85. The molecule has 0 aromatic heterocycles. The van der Waals surface area contributed by atoms with Crippen molar-refractivity contribution >= 4 is 11.6 Å². The Morgan fingerprint density at radius 3 is 2.63 bits per heavy atom. The molecule has 0 bridgehead atoms. The molecule has 1 heterocycles. The van der Waals surface area contributed by atoms with Crippen LogP contribution in [0.25, 0.3) is 0 Å². The van der Waals surface area contributed by atoms with Crippen LogP contribution in [0.4, 0.5) is 5.69 Å². The molecule has 0 radical (unpaired) electrons. The van der Waals surface area contributed by atoms with E-state index < -0.39 is 4.92 Å². The van der Waals surface area contributed by atoms with Crippen LogP contribution in [-0.4, -0.2) is 17.9 Å². The van der Waals surface area contributed by atoms with E-state index in [1.54, 1.807) is 31.5 Å². The Bertz CT molecular complexity index is 561. The maximum atomic E-state index is 11.5. The van der Waals surface area contributed by atoms with Gasteiger partial charge in [0.15, 0.2) is 0 Å². The van der Waals surface area contributed by atoms with Gasteiger partial charge in [-0.3, -0.25) is 14.9 Å². The van der Waals surface area contributed by atoms with Crippen LogP contribution in [0.15, 0.2) is 48.3 Å². The number of nitrogens with zero attached hydrogens (tertiary/aromatic N) is 1. The van der Waals surface area contributed by atoms with E-state index in [1.807, 2.05) is 6.08 Å². The molecule has 0 spiro atoms. The molecule has 0 saturated carbocycles. The first-order valence-electron chi connectivity index (χ1n) is 5.73. The summed E-state index contributed by atoms with van der Waals surface area (Å²) in [7, 11) is 1.56. The largest absolute Gasteiger partial charge is 0.358 e. The van der Waals surface area contributed by atoms with Crippen molar-refractivity contribution < 1.29 is 9.72 Å². The number of hydrogen-bond acceptors (Lipinski definition) is 4. The highest BCUT2D eigenvalue weighted by Gasteiger charge is 2.15. The molecule has 98 valence electrons. The molecule has 6 nitrogen and oxygen atoms in total. The number of dihydropyridines is 1. The minimum Gasteiger partial charge on any atom is -0.358 e. The molecule has 1 atom stereocenters. The number of nitro groups is 1. The average molecular weight is 259 g/mol. The van der Waals surface area contributed by atoms with Gasteiger partial charge in [-0.15, -0.1) is 0 Å². The average Bonchev–Trinajstić information content (AvgIpc) is 2.46. The Hall–Kier alpha value is -2.63. The molecular weight excluding hydrogens is 246 g/mol. The second-order valence-corrected chi connectivity index (χ2v) is 4.04. The topological polar surface area (TPSA) is 84.3 Å². The van der Waals surface area contributed by atoms with Gasteiger partial charge >= 0.3 is 0 Å². The van der Waals surface area contributed by atoms with Gasteiger partial charge in [0, 0.05) is 25.1 Å². The second-order valence-electron chi connectivity index (χ2n) is 4.04. The van der Waals surface area contributed by atoms with Crippen molar-refractivity contribution in [3.05, 3.63) is 64.0 Å². The van der Waals surface area contributed by atoms with E-state index in [0.29, 0.717) is 5.70 Å². The maximum absolute atomic E-state index is 11.5. The molecule has 1 unspecified atom stereocenters. The summed E-state index contributed by atoms with van der Waals surface area (Å²) in [5.41, 5.74) is 1.41. The summed E-state index contributed by atoms with van der Waals surface area (Å²) >= 11 is 0. The third kappa shape index (κ3) is 2.79. The summed E-state index contributed by atoms with van der Waals surface area (Å²) in [6, 6.07) is 6.30. The van der Waals surface area contributed by atoms with Crippen LogP contribution in [0, 0.1) is 10.1 Å². The number of nitro benzene ring substituents is 1. The summed E-state index contributed by atoms with van der Waals surface area (Å²) < 4.78 is 0. The van der Waals surface area contributed by atoms with E-state index in [4.69, 9.17) is 0 Å². The summed E-state index contributed by atoms with van der Waals surface area (Å²) in [5, 5.41) is 16.0. The number of nitrogens with one attached hydrogen (secondary N) is 2. The molecule has 19 heavy (non-hydrogen) atoms. The monoisotopic (exact) mass is 259 g/mol. The minimum atomic E-state index is -0.437. The van der Waals surface area contributed by atoms with Crippen molar-refractivity contribution in [2.24, 2.45) is 0 Å². The standard InChI is InChI=1S/C13H13N3O3/c1-14-13(17)12-8-10(6-7-15-12)9-2-4-11(5-3-9)16(18)19/h2-8,10,15H,1H3,(H,14,17). The molecule has 1 amide bonds. The van der Waals surface area contributed by atoms with Crippen LogP contribution in [-0.2, 0) is 4.79 Å². The van der Waals surface area contributed by atoms with Gasteiger partial charge in [0.05, 0.1) is 4.92 Å². The number of rotatable bonds is 3. The van der Waals surface area contributed by atoms with Crippen molar-refractivity contribution in [2.75, 3.05) is 7.05 Å². The van der Waals surface area contributed by atoms with E-state index in [9.17, 15) is 14.9 Å². The Kier molecular flexibility index (Phi) is 3.61. The van der Waals surface area contributed by atoms with E-state index in [-0.39, 0.29) is 17.5 Å². The second kappa shape index (κ2) is 5.34. The van der Waals surface area contributed by atoms with Gasteiger partial charge in [0.2, 0.25) is 0 Å². The number of amides is 1. The first kappa shape index (κ1) is 12.8. The highest BCUT2D eigenvalue weighted by atomic mass is 16.6. The van der Waals surface area contributed by atoms with E-state index >= 15 is 0 Å². The zero-order valence-electron chi connectivity index (χ0n) is 10.3. The predicted octanol–water partition coefficient (Wildman–Crippen LogP) is 1.43. The minimum absolute atomic E-state index is 0.0529. The number of hydrogen-bond donors (Lipinski definition) is 2. The molecule has 6 heteroatoms. The molecular formula is C13H13N3O3. The number of carbonyl (C=O) groups is 1. The number of non-ortho nitro benzene ring substituents is 1. The SMILES string of the molecule is CNC(=O)C1=CC(c2ccc([N+](=O)[O-])cc2)C=CN1. The smallest absolute Gasteiger partial charge is 0.269 e. The summed E-state index contributed by atoms with van der Waals surface area (Å²) in [6.45, 7) is 0. The lowest BCUT2D eigenvalue weighted by Crippen LogP contribution is -2.28. The van der Waals surface area contributed by atoms with Crippen LogP contribution in [0.3, 0.4) is 0 Å². The Morgan fingerprint density at radius 2 is 2.05 bits per heavy atom. The van der Waals surface area contributed by atoms with E-state index in [0.717, 1.165) is 5.56 Å². The first-order chi connectivity index (χ1) is 9.11. The van der Waals surface area contributed by atoms with Crippen molar-refractivity contribution in [3.63, 3.8) is 0 Å². The van der Waals surface area contributed by atoms with Crippen molar-refractivity contribution in [1.29, 1.82) is 0 Å². The Morgan fingerprint density at radius 1 is 1.37 bits per heavy atom. The van der Waals surface area contributed by atoms with Crippen LogP contribution in [0.2, 0.25) is 0 Å². The van der Waals surface area contributed by atoms with Crippen LogP contribution in [0.5, 0.6) is 0 Å². The summed E-state index contributed by atoms with van der Waals surface area (Å²) in [6.07, 6.45) is 5.35. The molecule has 1 aliphatic heterocycles. The Balaban J connectivity index is 2.23. The van der Waals surface area contributed by atoms with Gasteiger partial charge in [0.25, 0.3) is 11.6 Å². The lowest BCUT2D eigenvalue weighted by Gasteiger charge is -2.16. The molecule has 2 N–H and O–H groups in total. The zero-order valence-corrected chi connectivity index (χ0v) is 10.3. The van der Waals surface area contributed by atoms with Crippen molar-refractivity contribution in [2.45, 2.75) is 5.92 Å². The fraction of sp³-hybridized carbons (Fsp3) is 0.154. The first-order valence-corrected chi connectivity index (χ1v) is 5.73. The van der Waals surface area contributed by atoms with Crippen LogP contribution < -0.4 is 10.6 Å². The zero-order chi connectivity index (χ0) is 13.8. The van der Waals surface area contributed by atoms with Gasteiger partial charge in [-0.25, -0.2) is 0 Å². The highest BCUT2D eigenvalue weighted by molar-refractivity contribution is 5.93. The predicted molar refractivity (Wildman–Crippen MR) is 70.3 cm³/mol. The summed E-state index contributed by atoms with van der Waals surface area (Å²) in [4.78, 5) is 21.7. The van der Waals surface area contributed by atoms with Gasteiger partial charge in [-0.1, -0.05) is 18.2 Å². The number of carbonyl (C=O) groups excluding carboxylic acids is 1. The van der Waals surface area contributed by atoms with Crippen LogP contribution in [0.1, 0.15) is 11.5 Å². The van der Waals surface area contributed by atoms with Gasteiger partial charge in [0.1, 0.15) is 5.70 Å². The lowest BCUT2D eigenvalue weighted by atomic mass is 9.96. The van der Waals surface area contributed by atoms with Crippen LogP contribution >= 0.6 is 0 Å². The lowest BCUT2D eigenvalue weighted by molar-refractivity contribution is -0.384. The normalized spacial score (nSPS) is 17.3. The van der Waals surface area contributed by atoms with Gasteiger partial charge in [-0.05, 0) is 17.8 Å². The van der Waals surface area contributed by atoms with Crippen molar-refractivity contribution in [1.82, 2.24) is 10.6 Å². The molecule has 0 saturated heterocycles. The van der Waals surface area contributed by atoms with Gasteiger partial charge in [-0.2, -0.15) is 0 Å². The number of likely N-dealkylation sites (N-methyl/N-ethyl adjacent to an activating group) is 1. The van der Waals surface area contributed by atoms with E-state index in [2.05, 4.69) is 10.6 Å². The molecule has 2 rings (SSSR count). The molecule has 1 aromatic rings.